The summed E-state index contributed by atoms with van der Waals surface area (Å²) < 4.78 is 116. The summed E-state index contributed by atoms with van der Waals surface area (Å²) in [6.45, 7) is 0. The van der Waals surface area contributed by atoms with Gasteiger partial charge in [-0.2, -0.15) is 39.5 Å². The minimum Gasteiger partial charge on any atom is -0.340 e. The van der Waals surface area contributed by atoms with E-state index in [9.17, 15) is 39.5 Å². The van der Waals surface area contributed by atoms with Gasteiger partial charge in [0, 0.05) is 22.5 Å². The van der Waals surface area contributed by atoms with E-state index in [0.717, 1.165) is 6.07 Å². The highest BCUT2D eigenvalue weighted by atomic mass is 35.5. The lowest BCUT2D eigenvalue weighted by Gasteiger charge is -2.33. The molecule has 0 fully saturated rings. The third kappa shape index (κ3) is 3.78. The van der Waals surface area contributed by atoms with E-state index in [-0.39, 0.29) is 18.1 Å². The summed E-state index contributed by atoms with van der Waals surface area (Å²) in [5.41, 5.74) is -1.43. The molecule has 27 heavy (non-hydrogen) atoms. The Morgan fingerprint density at radius 2 is 1.30 bits per heavy atom. The molecule has 0 bridgehead atoms. The second-order valence-corrected chi connectivity index (χ2v) is 5.72. The molecule has 1 heterocycles. The first-order valence-electron chi connectivity index (χ1n) is 6.89. The van der Waals surface area contributed by atoms with Crippen molar-refractivity contribution in [2.75, 3.05) is 5.32 Å². The van der Waals surface area contributed by atoms with E-state index in [1.165, 1.54) is 24.3 Å². The van der Waals surface area contributed by atoms with Crippen LogP contribution >= 0.6 is 11.6 Å². The first-order valence-corrected chi connectivity index (χ1v) is 7.27. The third-order valence-corrected chi connectivity index (χ3v) is 3.64. The van der Waals surface area contributed by atoms with Crippen molar-refractivity contribution in [3.63, 3.8) is 0 Å². The summed E-state index contributed by atoms with van der Waals surface area (Å²) in [5, 5.41) is 2.96. The topological polar surface area (TPSA) is 24.9 Å². The number of pyridine rings is 1. The zero-order valence-electron chi connectivity index (χ0n) is 12.8. The maximum Gasteiger partial charge on any atom is 0.460 e. The van der Waals surface area contributed by atoms with Crippen LogP contribution in [0.4, 0.5) is 51.0 Å². The smallest absolute Gasteiger partial charge is 0.340 e. The van der Waals surface area contributed by atoms with Crippen LogP contribution < -0.4 is 5.32 Å². The molecule has 1 aromatic carbocycles. The van der Waals surface area contributed by atoms with E-state index >= 15 is 0 Å². The second kappa shape index (κ2) is 6.77. The fourth-order valence-corrected chi connectivity index (χ4v) is 2.02. The Balaban J connectivity index is 2.30. The number of nitrogens with one attached hydrogen (secondary N) is 1. The van der Waals surface area contributed by atoms with Crippen LogP contribution in [0.1, 0.15) is 5.56 Å². The molecule has 0 aliphatic heterocycles. The Morgan fingerprint density at radius 1 is 0.741 bits per heavy atom. The van der Waals surface area contributed by atoms with Gasteiger partial charge in [0.15, 0.2) is 0 Å². The SMILES string of the molecule is FC(F)(F)C(F)(F)C(F)(F)C(F)(F)c1ccc(Nc2ccc(Cl)cc2)nc1. The van der Waals surface area contributed by atoms with E-state index in [0.29, 0.717) is 10.7 Å². The second-order valence-electron chi connectivity index (χ2n) is 5.28. The number of anilines is 2. The fraction of sp³-hybridized carbons (Fsp3) is 0.267. The van der Waals surface area contributed by atoms with Crippen molar-refractivity contribution in [1.29, 1.82) is 0 Å². The quantitative estimate of drug-likeness (QED) is 0.564. The first kappa shape index (κ1) is 21.1. The summed E-state index contributed by atoms with van der Waals surface area (Å²) in [7, 11) is 0. The largest absolute Gasteiger partial charge is 0.460 e. The average molecular weight is 423 g/mol. The summed E-state index contributed by atoms with van der Waals surface area (Å²) in [6.07, 6.45) is -6.79. The predicted octanol–water partition coefficient (Wildman–Crippen LogP) is 6.40. The molecule has 2 aromatic rings. The lowest BCUT2D eigenvalue weighted by Crippen LogP contribution is -2.59. The van der Waals surface area contributed by atoms with Crippen LogP contribution in [-0.4, -0.2) is 23.0 Å². The van der Waals surface area contributed by atoms with Crippen LogP contribution in [0.2, 0.25) is 5.02 Å². The van der Waals surface area contributed by atoms with E-state index < -0.39 is 29.5 Å². The lowest BCUT2D eigenvalue weighted by molar-refractivity contribution is -0.399. The molecule has 0 unspecified atom stereocenters. The number of hydrogen-bond donors (Lipinski definition) is 1. The van der Waals surface area contributed by atoms with Crippen molar-refractivity contribution < 1.29 is 39.5 Å². The minimum absolute atomic E-state index is 0.0820. The van der Waals surface area contributed by atoms with Crippen LogP contribution in [0.3, 0.4) is 0 Å². The molecule has 0 atom stereocenters. The summed E-state index contributed by atoms with van der Waals surface area (Å²) in [5.74, 6) is -19.7. The van der Waals surface area contributed by atoms with Gasteiger partial charge in [0.1, 0.15) is 5.82 Å². The summed E-state index contributed by atoms with van der Waals surface area (Å²) >= 11 is 5.66. The van der Waals surface area contributed by atoms with Crippen LogP contribution in [0.25, 0.3) is 0 Å². The van der Waals surface area contributed by atoms with E-state index in [4.69, 9.17) is 11.6 Å². The van der Waals surface area contributed by atoms with Crippen LogP contribution in [-0.2, 0) is 5.92 Å². The Bertz CT molecular complexity index is 786. The van der Waals surface area contributed by atoms with Gasteiger partial charge in [0.05, 0.1) is 0 Å². The normalized spacial score (nSPS) is 13.6. The molecular weight excluding hydrogens is 415 g/mol. The number of aromatic nitrogens is 1. The zero-order valence-corrected chi connectivity index (χ0v) is 13.5. The van der Waals surface area contributed by atoms with Crippen LogP contribution in [0, 0.1) is 0 Å². The van der Waals surface area contributed by atoms with E-state index in [2.05, 4.69) is 10.3 Å². The van der Waals surface area contributed by atoms with Crippen molar-refractivity contribution in [3.8, 4) is 0 Å². The molecule has 12 heteroatoms. The highest BCUT2D eigenvalue weighted by Crippen LogP contribution is 2.56. The minimum atomic E-state index is -6.95. The lowest BCUT2D eigenvalue weighted by atomic mass is 9.98. The highest BCUT2D eigenvalue weighted by molar-refractivity contribution is 6.30. The Kier molecular flexibility index (Phi) is 5.30. The van der Waals surface area contributed by atoms with Crippen molar-refractivity contribution in [3.05, 3.63) is 53.2 Å². The standard InChI is InChI=1S/C15H8ClF9N2/c16-9-2-4-10(5-3-9)27-11-6-1-8(7-26-11)12(17,18)13(19,20)14(21,22)15(23,24)25/h1-7H,(H,26,27). The molecule has 1 N–H and O–H groups in total. The van der Waals surface area contributed by atoms with Crippen LogP contribution in [0.5, 0.6) is 0 Å². The molecule has 0 radical (unpaired) electrons. The molecule has 0 spiro atoms. The van der Waals surface area contributed by atoms with Crippen molar-refractivity contribution in [1.82, 2.24) is 4.98 Å². The summed E-state index contributed by atoms with van der Waals surface area (Å²) in [6, 6.07) is 6.85. The van der Waals surface area contributed by atoms with Gasteiger partial charge in [-0.15, -0.1) is 0 Å². The van der Waals surface area contributed by atoms with Crippen molar-refractivity contribution >= 4 is 23.1 Å². The first-order chi connectivity index (χ1) is 12.2. The van der Waals surface area contributed by atoms with E-state index in [1.54, 1.807) is 0 Å². The summed E-state index contributed by atoms with van der Waals surface area (Å²) in [4.78, 5) is 3.34. The van der Waals surface area contributed by atoms with Crippen molar-refractivity contribution in [2.24, 2.45) is 0 Å². The molecule has 1 aromatic heterocycles. The maximum atomic E-state index is 13.8. The Morgan fingerprint density at radius 3 is 1.74 bits per heavy atom. The van der Waals surface area contributed by atoms with Gasteiger partial charge in [-0.1, -0.05) is 11.6 Å². The molecule has 0 amide bonds. The van der Waals surface area contributed by atoms with E-state index in [1.807, 2.05) is 0 Å². The molecule has 0 saturated heterocycles. The molecule has 0 aliphatic rings. The maximum absolute atomic E-state index is 13.8. The van der Waals surface area contributed by atoms with Gasteiger partial charge in [-0.05, 0) is 36.4 Å². The van der Waals surface area contributed by atoms with Gasteiger partial charge in [0.2, 0.25) is 0 Å². The molecule has 2 nitrogen and oxygen atoms in total. The predicted molar refractivity (Wildman–Crippen MR) is 78.8 cm³/mol. The van der Waals surface area contributed by atoms with Gasteiger partial charge in [0.25, 0.3) is 0 Å². The Hall–Kier alpha value is -2.17. The van der Waals surface area contributed by atoms with Gasteiger partial charge in [-0.25, -0.2) is 4.98 Å². The third-order valence-electron chi connectivity index (χ3n) is 3.39. The Labute approximate surface area is 151 Å². The van der Waals surface area contributed by atoms with Crippen LogP contribution in [0.15, 0.2) is 42.6 Å². The number of hydrogen-bond acceptors (Lipinski definition) is 2. The average Bonchev–Trinajstić information content (AvgIpc) is 2.56. The number of alkyl halides is 9. The van der Waals surface area contributed by atoms with Gasteiger partial charge in [-0.3, -0.25) is 0 Å². The number of nitrogens with zero attached hydrogens (tertiary/aromatic N) is 1. The van der Waals surface area contributed by atoms with Gasteiger partial charge < -0.3 is 5.32 Å². The number of halogens is 10. The molecular formula is C15H8ClF9N2. The molecule has 0 saturated carbocycles. The highest BCUT2D eigenvalue weighted by Gasteiger charge is 2.82. The van der Waals surface area contributed by atoms with Crippen molar-refractivity contribution in [2.45, 2.75) is 23.9 Å². The number of rotatable bonds is 5. The monoisotopic (exact) mass is 422 g/mol. The van der Waals surface area contributed by atoms with Gasteiger partial charge >= 0.3 is 23.9 Å². The molecule has 0 aliphatic carbocycles. The molecule has 2 rings (SSSR count). The zero-order chi connectivity index (χ0) is 20.7. The fourth-order valence-electron chi connectivity index (χ4n) is 1.89. The number of benzene rings is 1. The molecule has 148 valence electrons.